The van der Waals surface area contributed by atoms with Crippen LogP contribution < -0.4 is 9.97 Å². The smallest absolute Gasteiger partial charge is 0.534 e. The van der Waals surface area contributed by atoms with Crippen molar-refractivity contribution < 1.29 is 38.4 Å². The van der Waals surface area contributed by atoms with E-state index < -0.39 is 48.7 Å². The summed E-state index contributed by atoms with van der Waals surface area (Å²) in [4.78, 5) is 63.2. The van der Waals surface area contributed by atoms with Crippen molar-refractivity contribution in [2.24, 2.45) is 5.41 Å². The minimum atomic E-state index is -1.49. The lowest BCUT2D eigenvalue weighted by Gasteiger charge is -2.29. The van der Waals surface area contributed by atoms with Crippen LogP contribution in [0, 0.1) is 5.41 Å². The lowest BCUT2D eigenvalue weighted by molar-refractivity contribution is -0.127. The molecule has 0 saturated heterocycles. The van der Waals surface area contributed by atoms with E-state index in [0.717, 1.165) is 4.90 Å². The van der Waals surface area contributed by atoms with Gasteiger partial charge in [0.1, 0.15) is 23.6 Å². The number of amides is 3. The Hall–Kier alpha value is -3.99. The zero-order valence-electron chi connectivity index (χ0n) is 20.8. The maximum absolute atomic E-state index is 12.7. The lowest BCUT2D eigenvalue weighted by atomic mass is 9.72. The molecule has 0 unspecified atom stereocenters. The van der Waals surface area contributed by atoms with E-state index >= 15 is 0 Å². The molecule has 2 aromatic rings. The number of carbonyl (C=O) groups is 5. The zero-order chi connectivity index (χ0) is 26.9. The van der Waals surface area contributed by atoms with E-state index in [1.807, 2.05) is 0 Å². The molecule has 4 rings (SSSR count). The van der Waals surface area contributed by atoms with Crippen LogP contribution >= 0.6 is 0 Å². The number of imide groups is 1. The molecule has 2 aliphatic heterocycles. The lowest BCUT2D eigenvalue weighted by Crippen LogP contribution is -2.55. The van der Waals surface area contributed by atoms with E-state index in [0.29, 0.717) is 5.56 Å². The second-order valence-corrected chi connectivity index (χ2v) is 9.98. The van der Waals surface area contributed by atoms with Gasteiger partial charge in [0.25, 0.3) is 11.8 Å². The number of hydrogen-bond acceptors (Lipinski definition) is 8. The van der Waals surface area contributed by atoms with Gasteiger partial charge in [-0.3, -0.25) is 24.1 Å². The first-order chi connectivity index (χ1) is 17.5. The number of ketones is 1. The minimum Gasteiger partial charge on any atom is -0.534 e. The average molecular weight is 506 g/mol. The van der Waals surface area contributed by atoms with Crippen LogP contribution in [0.25, 0.3) is 0 Å². The second kappa shape index (κ2) is 10.2. The Kier molecular flexibility index (Phi) is 7.17. The Morgan fingerprint density at radius 3 is 2.35 bits per heavy atom. The standard InChI is InChI=1S/C26H27BN2O8/c1-26(2,3)19(30)11-12-36-25(34)18-10-6-7-15-13-20(27(35)37-22(15)18)28-21(31)14-29-23(32)16-8-4-5-9-17(16)24(29)33/h4-10,20,35H,11-14H2,1-3H3,(H,28,31)/t20-/m0/s1. The largest absolute Gasteiger partial charge is 0.547 e. The van der Waals surface area contributed by atoms with E-state index in [9.17, 15) is 29.0 Å². The molecule has 37 heavy (non-hydrogen) atoms. The molecule has 2 aromatic carbocycles. The molecule has 0 aliphatic carbocycles. The first kappa shape index (κ1) is 26.1. The predicted octanol–water partition coefficient (Wildman–Crippen LogP) is 1.58. The number of nitrogens with zero attached hydrogens (tertiary/aromatic N) is 1. The Balaban J connectivity index is 1.38. The summed E-state index contributed by atoms with van der Waals surface area (Å²) in [6.45, 7) is 4.76. The summed E-state index contributed by atoms with van der Waals surface area (Å²) < 4.78 is 10.8. The maximum atomic E-state index is 12.7. The van der Waals surface area contributed by atoms with Gasteiger partial charge < -0.3 is 19.7 Å². The molecular formula is C26H27BN2O8. The molecule has 2 aliphatic rings. The third-order valence-corrected chi connectivity index (χ3v) is 6.26. The summed E-state index contributed by atoms with van der Waals surface area (Å²) in [5.74, 6) is -3.26. The molecule has 2 heterocycles. The quantitative estimate of drug-likeness (QED) is 0.328. The van der Waals surface area contributed by atoms with Gasteiger partial charge in [-0.1, -0.05) is 45.0 Å². The Morgan fingerprint density at radius 1 is 1.08 bits per heavy atom. The topological polar surface area (TPSA) is 139 Å². The number of fused-ring (bicyclic) bond motifs is 2. The van der Waals surface area contributed by atoms with Gasteiger partial charge in [-0.25, -0.2) is 4.79 Å². The number of hydrogen-bond donors (Lipinski definition) is 2. The van der Waals surface area contributed by atoms with Crippen LogP contribution in [0.1, 0.15) is 63.8 Å². The highest BCUT2D eigenvalue weighted by molar-refractivity contribution is 6.47. The van der Waals surface area contributed by atoms with E-state index in [1.165, 1.54) is 18.2 Å². The first-order valence-corrected chi connectivity index (χ1v) is 11.9. The average Bonchev–Trinajstić information content (AvgIpc) is 3.08. The Morgan fingerprint density at radius 2 is 1.73 bits per heavy atom. The number of nitrogens with one attached hydrogen (secondary N) is 1. The molecule has 3 amide bonds. The van der Waals surface area contributed by atoms with Crippen LogP contribution in [-0.2, 0) is 20.7 Å². The van der Waals surface area contributed by atoms with Crippen LogP contribution in [0.5, 0.6) is 5.75 Å². The monoisotopic (exact) mass is 506 g/mol. The number of ether oxygens (including phenoxy) is 1. The Labute approximate surface area is 214 Å². The van der Waals surface area contributed by atoms with Crippen molar-refractivity contribution in [3.63, 3.8) is 0 Å². The van der Waals surface area contributed by atoms with Crippen LogP contribution in [0.15, 0.2) is 42.5 Å². The number of esters is 1. The fourth-order valence-electron chi connectivity index (χ4n) is 4.18. The van der Waals surface area contributed by atoms with Crippen LogP contribution in [-0.4, -0.2) is 65.6 Å². The Bertz CT molecular complexity index is 1250. The normalized spacial score (nSPS) is 16.6. The fraction of sp³-hybridized carbons (Fsp3) is 0.346. The van der Waals surface area contributed by atoms with Gasteiger partial charge in [0.15, 0.2) is 0 Å². The van der Waals surface area contributed by atoms with Gasteiger partial charge in [0, 0.05) is 11.8 Å². The highest BCUT2D eigenvalue weighted by Crippen LogP contribution is 2.31. The molecule has 0 fully saturated rings. The molecule has 0 aromatic heterocycles. The van der Waals surface area contributed by atoms with Crippen molar-refractivity contribution in [3.8, 4) is 5.75 Å². The molecule has 0 saturated carbocycles. The summed E-state index contributed by atoms with van der Waals surface area (Å²) in [6, 6.07) is 11.1. The van der Waals surface area contributed by atoms with Crippen molar-refractivity contribution >= 4 is 36.6 Å². The maximum Gasteiger partial charge on any atom is 0.547 e. The van der Waals surface area contributed by atoms with Crippen molar-refractivity contribution in [1.82, 2.24) is 10.2 Å². The van der Waals surface area contributed by atoms with Gasteiger partial charge in [-0.15, -0.1) is 0 Å². The molecular weight excluding hydrogens is 479 g/mol. The van der Waals surface area contributed by atoms with Gasteiger partial charge in [-0.05, 0) is 30.2 Å². The molecule has 2 N–H and O–H groups in total. The number of Topliss-reactive ketones (excluding diaryl/α,β-unsaturated/α-hetero) is 1. The number of benzene rings is 2. The van der Waals surface area contributed by atoms with Gasteiger partial charge >= 0.3 is 13.1 Å². The van der Waals surface area contributed by atoms with Gasteiger partial charge in [0.2, 0.25) is 5.91 Å². The third-order valence-electron chi connectivity index (χ3n) is 6.26. The van der Waals surface area contributed by atoms with E-state index in [4.69, 9.17) is 9.39 Å². The molecule has 1 atom stereocenters. The van der Waals surface area contributed by atoms with Crippen LogP contribution in [0.3, 0.4) is 0 Å². The molecule has 192 valence electrons. The van der Waals surface area contributed by atoms with Crippen molar-refractivity contribution in [2.45, 2.75) is 39.6 Å². The summed E-state index contributed by atoms with van der Waals surface area (Å²) in [6.07, 6.45) is 0.211. The number of rotatable bonds is 7. The molecule has 0 spiro atoms. The highest BCUT2D eigenvalue weighted by atomic mass is 16.5. The van der Waals surface area contributed by atoms with Crippen molar-refractivity contribution in [3.05, 3.63) is 64.7 Å². The van der Waals surface area contributed by atoms with Gasteiger partial charge in [0.05, 0.1) is 23.7 Å². The summed E-state index contributed by atoms with van der Waals surface area (Å²) in [7, 11) is -1.49. The second-order valence-electron chi connectivity index (χ2n) is 9.98. The van der Waals surface area contributed by atoms with Crippen LogP contribution in [0.4, 0.5) is 0 Å². The zero-order valence-corrected chi connectivity index (χ0v) is 20.8. The van der Waals surface area contributed by atoms with E-state index in [1.54, 1.807) is 45.0 Å². The van der Waals surface area contributed by atoms with E-state index in [-0.39, 0.29) is 47.7 Å². The summed E-state index contributed by atoms with van der Waals surface area (Å²) >= 11 is 0. The molecule has 10 nitrogen and oxygen atoms in total. The van der Waals surface area contributed by atoms with Crippen molar-refractivity contribution in [2.75, 3.05) is 13.2 Å². The number of para-hydroxylation sites is 1. The molecule has 11 heteroatoms. The van der Waals surface area contributed by atoms with Gasteiger partial charge in [-0.2, -0.15) is 0 Å². The molecule has 0 bridgehead atoms. The summed E-state index contributed by atoms with van der Waals surface area (Å²) in [5.41, 5.74) is 0.576. The SMILES string of the molecule is CC(C)(C)C(=O)CCOC(=O)c1cccc2c1OB(O)[C@@H](NC(=O)CN1C(=O)c3ccccc3C1=O)C2. The number of carbonyl (C=O) groups excluding carboxylic acids is 5. The summed E-state index contributed by atoms with van der Waals surface area (Å²) in [5, 5.41) is 13.1. The highest BCUT2D eigenvalue weighted by Gasteiger charge is 2.40. The molecule has 0 radical (unpaired) electrons. The first-order valence-electron chi connectivity index (χ1n) is 11.9. The third kappa shape index (κ3) is 5.41. The van der Waals surface area contributed by atoms with Crippen molar-refractivity contribution in [1.29, 1.82) is 0 Å². The van der Waals surface area contributed by atoms with E-state index in [2.05, 4.69) is 5.32 Å². The van der Waals surface area contributed by atoms with Crippen LogP contribution in [0.2, 0.25) is 0 Å². The predicted molar refractivity (Wildman–Crippen MR) is 132 cm³/mol. The fourth-order valence-corrected chi connectivity index (χ4v) is 4.18. The minimum absolute atomic E-state index is 0.0399.